The lowest BCUT2D eigenvalue weighted by molar-refractivity contribution is -0.147. The van der Waals surface area contributed by atoms with Crippen molar-refractivity contribution in [1.82, 2.24) is 10.2 Å². The van der Waals surface area contributed by atoms with Crippen LogP contribution in [0, 0.1) is 13.8 Å². The van der Waals surface area contributed by atoms with E-state index in [-0.39, 0.29) is 5.69 Å². The molecule has 66 valence electrons. The van der Waals surface area contributed by atoms with Crippen molar-refractivity contribution in [3.05, 3.63) is 17.0 Å². The molecule has 0 aromatic carbocycles. The molecule has 1 atom stereocenters. The summed E-state index contributed by atoms with van der Waals surface area (Å²) in [5.41, 5.74) is 1.63. The van der Waals surface area contributed by atoms with Crippen molar-refractivity contribution in [1.29, 1.82) is 0 Å². The summed E-state index contributed by atoms with van der Waals surface area (Å²) >= 11 is 0. The van der Waals surface area contributed by atoms with E-state index in [2.05, 4.69) is 10.2 Å². The minimum Gasteiger partial charge on any atom is -0.479 e. The first kappa shape index (κ1) is 8.73. The molecule has 1 heterocycles. The van der Waals surface area contributed by atoms with Gasteiger partial charge in [0, 0.05) is 5.69 Å². The van der Waals surface area contributed by atoms with Gasteiger partial charge in [-0.1, -0.05) is 0 Å². The fourth-order valence-electron chi connectivity index (χ4n) is 0.887. The predicted molar refractivity (Wildman–Crippen MR) is 40.7 cm³/mol. The molecular weight excluding hydrogens is 160 g/mol. The van der Waals surface area contributed by atoms with Crippen LogP contribution < -0.4 is 0 Å². The molecule has 1 unspecified atom stereocenters. The van der Waals surface area contributed by atoms with Gasteiger partial charge in [-0.05, 0) is 19.4 Å². The number of aliphatic hydroxyl groups is 1. The zero-order chi connectivity index (χ0) is 9.30. The number of rotatable bonds is 2. The molecule has 0 bridgehead atoms. The fourth-order valence-corrected chi connectivity index (χ4v) is 0.887. The Morgan fingerprint density at radius 1 is 1.58 bits per heavy atom. The summed E-state index contributed by atoms with van der Waals surface area (Å²) < 4.78 is 0. The molecule has 0 spiro atoms. The third-order valence-electron chi connectivity index (χ3n) is 1.78. The van der Waals surface area contributed by atoms with Gasteiger partial charge in [-0.3, -0.25) is 5.10 Å². The molecule has 1 aromatic heterocycles. The number of carboxylic acid groups (broad SMARTS) is 1. The summed E-state index contributed by atoms with van der Waals surface area (Å²) in [5.74, 6) is -1.29. The van der Waals surface area contributed by atoms with Gasteiger partial charge in [0.25, 0.3) is 0 Å². The van der Waals surface area contributed by atoms with Crippen LogP contribution in [-0.4, -0.2) is 26.4 Å². The van der Waals surface area contributed by atoms with Crippen molar-refractivity contribution < 1.29 is 15.0 Å². The maximum Gasteiger partial charge on any atom is 0.338 e. The largest absolute Gasteiger partial charge is 0.479 e. The van der Waals surface area contributed by atoms with Crippen molar-refractivity contribution in [2.45, 2.75) is 20.0 Å². The third kappa shape index (κ3) is 1.31. The highest BCUT2D eigenvalue weighted by Gasteiger charge is 2.21. The average molecular weight is 170 g/mol. The maximum absolute atomic E-state index is 10.4. The van der Waals surface area contributed by atoms with Gasteiger partial charge in [-0.15, -0.1) is 0 Å². The number of carboxylic acids is 1. The SMILES string of the molecule is Cc1[nH]nc(C(O)C(=O)O)c1C. The molecule has 0 amide bonds. The third-order valence-corrected chi connectivity index (χ3v) is 1.78. The molecule has 0 radical (unpaired) electrons. The van der Waals surface area contributed by atoms with E-state index in [4.69, 9.17) is 10.2 Å². The number of carbonyl (C=O) groups is 1. The van der Waals surface area contributed by atoms with Gasteiger partial charge < -0.3 is 10.2 Å². The lowest BCUT2D eigenvalue weighted by atomic mass is 10.1. The Morgan fingerprint density at radius 2 is 2.17 bits per heavy atom. The standard InChI is InChI=1S/C7H10N2O3/c1-3-4(2)8-9-5(3)6(10)7(11)12/h6,10H,1-2H3,(H,8,9)(H,11,12). The molecule has 0 fully saturated rings. The van der Waals surface area contributed by atoms with E-state index < -0.39 is 12.1 Å². The van der Waals surface area contributed by atoms with Gasteiger partial charge in [-0.25, -0.2) is 4.79 Å². The Bertz CT molecular complexity index is 306. The maximum atomic E-state index is 10.4. The Balaban J connectivity index is 3.03. The molecule has 5 nitrogen and oxygen atoms in total. The van der Waals surface area contributed by atoms with Crippen LogP contribution in [-0.2, 0) is 4.79 Å². The monoisotopic (exact) mass is 170 g/mol. The zero-order valence-corrected chi connectivity index (χ0v) is 6.83. The Morgan fingerprint density at radius 3 is 2.50 bits per heavy atom. The van der Waals surface area contributed by atoms with Gasteiger partial charge in [0.2, 0.25) is 0 Å². The van der Waals surface area contributed by atoms with Gasteiger partial charge in [0.1, 0.15) is 5.69 Å². The minimum atomic E-state index is -1.53. The van der Waals surface area contributed by atoms with E-state index >= 15 is 0 Å². The smallest absolute Gasteiger partial charge is 0.338 e. The van der Waals surface area contributed by atoms with Crippen LogP contribution >= 0.6 is 0 Å². The second-order valence-electron chi connectivity index (χ2n) is 2.60. The number of H-pyrrole nitrogens is 1. The molecule has 3 N–H and O–H groups in total. The molecule has 0 aliphatic heterocycles. The summed E-state index contributed by atoms with van der Waals surface area (Å²) in [6.07, 6.45) is -1.53. The number of nitrogens with one attached hydrogen (secondary N) is 1. The van der Waals surface area contributed by atoms with Crippen LogP contribution in [0.25, 0.3) is 0 Å². The summed E-state index contributed by atoms with van der Waals surface area (Å²) in [6, 6.07) is 0. The number of aryl methyl sites for hydroxylation is 1. The number of aliphatic hydroxyl groups excluding tert-OH is 1. The first-order valence-corrected chi connectivity index (χ1v) is 3.46. The normalized spacial score (nSPS) is 12.9. The molecule has 12 heavy (non-hydrogen) atoms. The van der Waals surface area contributed by atoms with E-state index in [1.807, 2.05) is 0 Å². The van der Waals surface area contributed by atoms with Crippen molar-refractivity contribution in [3.63, 3.8) is 0 Å². The Kier molecular flexibility index (Phi) is 2.14. The molecule has 0 aliphatic carbocycles. The molecule has 1 rings (SSSR count). The van der Waals surface area contributed by atoms with E-state index in [0.717, 1.165) is 5.69 Å². The summed E-state index contributed by atoms with van der Waals surface area (Å²) in [5, 5.41) is 23.9. The van der Waals surface area contributed by atoms with Gasteiger partial charge in [0.15, 0.2) is 6.10 Å². The van der Waals surface area contributed by atoms with Crippen LogP contribution in [0.5, 0.6) is 0 Å². The van der Waals surface area contributed by atoms with Crippen LogP contribution in [0.15, 0.2) is 0 Å². The van der Waals surface area contributed by atoms with E-state index in [1.165, 1.54) is 0 Å². The molecule has 0 saturated heterocycles. The fraction of sp³-hybridized carbons (Fsp3) is 0.429. The first-order valence-electron chi connectivity index (χ1n) is 3.46. The van der Waals surface area contributed by atoms with Gasteiger partial charge >= 0.3 is 5.97 Å². The average Bonchev–Trinajstić information content (AvgIpc) is 2.32. The Hall–Kier alpha value is -1.36. The van der Waals surface area contributed by atoms with E-state index in [9.17, 15) is 4.79 Å². The molecule has 1 aromatic rings. The molecule has 5 heteroatoms. The van der Waals surface area contributed by atoms with Crippen LogP contribution in [0.1, 0.15) is 23.1 Å². The summed E-state index contributed by atoms with van der Waals surface area (Å²) in [7, 11) is 0. The Labute approximate surface area is 69.0 Å². The van der Waals surface area contributed by atoms with Crippen LogP contribution in [0.4, 0.5) is 0 Å². The van der Waals surface area contributed by atoms with E-state index in [1.54, 1.807) is 13.8 Å². The number of aromatic nitrogens is 2. The molecule has 0 aliphatic rings. The van der Waals surface area contributed by atoms with Crippen molar-refractivity contribution >= 4 is 5.97 Å². The summed E-state index contributed by atoms with van der Waals surface area (Å²) in [6.45, 7) is 3.47. The highest BCUT2D eigenvalue weighted by Crippen LogP contribution is 2.16. The molecular formula is C7H10N2O3. The van der Waals surface area contributed by atoms with E-state index in [0.29, 0.717) is 5.56 Å². The van der Waals surface area contributed by atoms with Crippen molar-refractivity contribution in [2.24, 2.45) is 0 Å². The number of aliphatic carboxylic acids is 1. The first-order chi connectivity index (χ1) is 5.54. The molecule has 0 saturated carbocycles. The lowest BCUT2D eigenvalue weighted by Crippen LogP contribution is -2.11. The second-order valence-corrected chi connectivity index (χ2v) is 2.60. The van der Waals surface area contributed by atoms with Gasteiger partial charge in [-0.2, -0.15) is 5.10 Å². The number of hydrogen-bond donors (Lipinski definition) is 3. The quantitative estimate of drug-likeness (QED) is 0.589. The predicted octanol–water partition coefficient (Wildman–Crippen LogP) is 0.145. The van der Waals surface area contributed by atoms with Crippen molar-refractivity contribution in [3.8, 4) is 0 Å². The van der Waals surface area contributed by atoms with Crippen molar-refractivity contribution in [2.75, 3.05) is 0 Å². The zero-order valence-electron chi connectivity index (χ0n) is 6.83. The van der Waals surface area contributed by atoms with Crippen LogP contribution in [0.2, 0.25) is 0 Å². The summed E-state index contributed by atoms with van der Waals surface area (Å²) in [4.78, 5) is 10.4. The highest BCUT2D eigenvalue weighted by atomic mass is 16.4. The second kappa shape index (κ2) is 2.94. The minimum absolute atomic E-state index is 0.181. The van der Waals surface area contributed by atoms with Crippen LogP contribution in [0.3, 0.4) is 0 Å². The number of nitrogens with zero attached hydrogens (tertiary/aromatic N) is 1. The highest BCUT2D eigenvalue weighted by molar-refractivity contribution is 5.73. The topological polar surface area (TPSA) is 86.2 Å². The number of hydrogen-bond acceptors (Lipinski definition) is 3. The van der Waals surface area contributed by atoms with Gasteiger partial charge in [0.05, 0.1) is 0 Å². The number of aromatic amines is 1. The lowest BCUT2D eigenvalue weighted by Gasteiger charge is -2.01.